The SMILES string of the molecule is CCCC[C@@H]1OC(=O)c2ccc(OC)cc21. The highest BCUT2D eigenvalue weighted by atomic mass is 16.5. The van der Waals surface area contributed by atoms with Crippen LogP contribution >= 0.6 is 0 Å². The molecule has 16 heavy (non-hydrogen) atoms. The summed E-state index contributed by atoms with van der Waals surface area (Å²) in [5.41, 5.74) is 1.65. The third-order valence-corrected chi connectivity index (χ3v) is 2.89. The summed E-state index contributed by atoms with van der Waals surface area (Å²) < 4.78 is 10.5. The van der Waals surface area contributed by atoms with Gasteiger partial charge in [-0.25, -0.2) is 4.79 Å². The lowest BCUT2D eigenvalue weighted by atomic mass is 10.0. The van der Waals surface area contributed by atoms with Crippen LogP contribution in [0.2, 0.25) is 0 Å². The number of rotatable bonds is 4. The minimum absolute atomic E-state index is 0.0856. The Morgan fingerprint density at radius 1 is 1.44 bits per heavy atom. The Balaban J connectivity index is 2.27. The molecule has 2 rings (SSSR count). The van der Waals surface area contributed by atoms with E-state index in [1.807, 2.05) is 6.07 Å². The Bertz CT molecular complexity index is 398. The molecule has 0 spiro atoms. The average molecular weight is 220 g/mol. The van der Waals surface area contributed by atoms with Crippen LogP contribution in [0, 0.1) is 0 Å². The standard InChI is InChI=1S/C13H16O3/c1-3-4-5-12-11-8-9(15-2)6-7-10(11)13(14)16-12/h6-8,12H,3-5H2,1-2H3/t12-/m0/s1. The van der Waals surface area contributed by atoms with Crippen molar-refractivity contribution in [1.82, 2.24) is 0 Å². The summed E-state index contributed by atoms with van der Waals surface area (Å²) >= 11 is 0. The van der Waals surface area contributed by atoms with E-state index in [-0.39, 0.29) is 12.1 Å². The number of carbonyl (C=O) groups is 1. The molecule has 3 nitrogen and oxygen atoms in total. The molecule has 0 bridgehead atoms. The fourth-order valence-electron chi connectivity index (χ4n) is 1.98. The maximum absolute atomic E-state index is 11.6. The van der Waals surface area contributed by atoms with Crippen molar-refractivity contribution in [1.29, 1.82) is 0 Å². The van der Waals surface area contributed by atoms with E-state index in [1.165, 1.54) is 0 Å². The Hall–Kier alpha value is -1.51. The van der Waals surface area contributed by atoms with Crippen LogP contribution in [0.5, 0.6) is 5.75 Å². The van der Waals surface area contributed by atoms with Gasteiger partial charge in [0.1, 0.15) is 11.9 Å². The van der Waals surface area contributed by atoms with Crippen LogP contribution in [0.15, 0.2) is 18.2 Å². The molecule has 86 valence electrons. The quantitative estimate of drug-likeness (QED) is 0.731. The summed E-state index contributed by atoms with van der Waals surface area (Å²) in [5, 5.41) is 0. The van der Waals surface area contributed by atoms with Crippen molar-refractivity contribution < 1.29 is 14.3 Å². The van der Waals surface area contributed by atoms with E-state index in [9.17, 15) is 4.79 Å². The Morgan fingerprint density at radius 3 is 2.94 bits per heavy atom. The molecule has 0 aromatic heterocycles. The molecule has 0 aliphatic carbocycles. The van der Waals surface area contributed by atoms with E-state index < -0.39 is 0 Å². The van der Waals surface area contributed by atoms with Crippen molar-refractivity contribution in [2.75, 3.05) is 7.11 Å². The largest absolute Gasteiger partial charge is 0.497 e. The first-order valence-corrected chi connectivity index (χ1v) is 5.65. The number of cyclic esters (lactones) is 1. The van der Waals surface area contributed by atoms with Crippen molar-refractivity contribution >= 4 is 5.97 Å². The molecule has 0 fully saturated rings. The lowest BCUT2D eigenvalue weighted by Crippen LogP contribution is -1.98. The predicted molar refractivity (Wildman–Crippen MR) is 60.7 cm³/mol. The molecule has 3 heteroatoms. The van der Waals surface area contributed by atoms with E-state index in [1.54, 1.807) is 19.2 Å². The molecule has 0 radical (unpaired) electrons. The van der Waals surface area contributed by atoms with Crippen molar-refractivity contribution in [2.45, 2.75) is 32.3 Å². The molecule has 0 amide bonds. The molecule has 0 saturated carbocycles. The van der Waals surface area contributed by atoms with Crippen LogP contribution in [-0.4, -0.2) is 13.1 Å². The maximum atomic E-state index is 11.6. The third kappa shape index (κ3) is 1.90. The van der Waals surface area contributed by atoms with Crippen molar-refractivity contribution in [3.8, 4) is 5.75 Å². The second-order valence-electron chi connectivity index (χ2n) is 3.99. The van der Waals surface area contributed by atoms with Crippen LogP contribution in [0.3, 0.4) is 0 Å². The highest BCUT2D eigenvalue weighted by Crippen LogP contribution is 2.36. The van der Waals surface area contributed by atoms with Crippen LogP contribution in [0.1, 0.15) is 48.2 Å². The molecule has 0 saturated heterocycles. The molecule has 1 aromatic rings. The van der Waals surface area contributed by atoms with Gasteiger partial charge < -0.3 is 9.47 Å². The summed E-state index contributed by atoms with van der Waals surface area (Å²) in [7, 11) is 1.63. The number of benzene rings is 1. The molecular weight excluding hydrogens is 204 g/mol. The first kappa shape index (κ1) is 11.0. The fourth-order valence-corrected chi connectivity index (χ4v) is 1.98. The van der Waals surface area contributed by atoms with E-state index in [0.717, 1.165) is 30.6 Å². The monoisotopic (exact) mass is 220 g/mol. The van der Waals surface area contributed by atoms with Gasteiger partial charge in [-0.3, -0.25) is 0 Å². The summed E-state index contributed by atoms with van der Waals surface area (Å²) in [4.78, 5) is 11.6. The lowest BCUT2D eigenvalue weighted by molar-refractivity contribution is 0.0364. The van der Waals surface area contributed by atoms with Crippen LogP contribution in [-0.2, 0) is 4.74 Å². The van der Waals surface area contributed by atoms with E-state index >= 15 is 0 Å². The maximum Gasteiger partial charge on any atom is 0.339 e. The van der Waals surface area contributed by atoms with Gasteiger partial charge in [-0.05, 0) is 31.0 Å². The van der Waals surface area contributed by atoms with Gasteiger partial charge in [-0.15, -0.1) is 0 Å². The van der Waals surface area contributed by atoms with E-state index in [2.05, 4.69) is 6.92 Å². The zero-order valence-corrected chi connectivity index (χ0v) is 9.66. The number of hydrogen-bond donors (Lipinski definition) is 0. The fraction of sp³-hybridized carbons (Fsp3) is 0.462. The van der Waals surface area contributed by atoms with Crippen molar-refractivity contribution in [3.63, 3.8) is 0 Å². The minimum Gasteiger partial charge on any atom is -0.497 e. The number of fused-ring (bicyclic) bond motifs is 1. The van der Waals surface area contributed by atoms with Crippen LogP contribution in [0.4, 0.5) is 0 Å². The van der Waals surface area contributed by atoms with Gasteiger partial charge in [0.2, 0.25) is 0 Å². The van der Waals surface area contributed by atoms with Crippen LogP contribution < -0.4 is 4.74 Å². The molecule has 0 N–H and O–H groups in total. The molecule has 0 unspecified atom stereocenters. The molecule has 1 atom stereocenters. The van der Waals surface area contributed by atoms with E-state index in [0.29, 0.717) is 5.56 Å². The molecule has 1 aromatic carbocycles. The smallest absolute Gasteiger partial charge is 0.339 e. The molecule has 1 heterocycles. The molecule has 1 aliphatic rings. The molecular formula is C13H16O3. The summed E-state index contributed by atoms with van der Waals surface area (Å²) in [6.07, 6.45) is 2.97. The van der Waals surface area contributed by atoms with Crippen LogP contribution in [0.25, 0.3) is 0 Å². The number of hydrogen-bond acceptors (Lipinski definition) is 3. The summed E-state index contributed by atoms with van der Waals surface area (Å²) in [5.74, 6) is 0.567. The highest BCUT2D eigenvalue weighted by Gasteiger charge is 2.30. The summed E-state index contributed by atoms with van der Waals surface area (Å²) in [6, 6.07) is 5.48. The number of unbranched alkanes of at least 4 members (excludes halogenated alkanes) is 1. The number of ether oxygens (including phenoxy) is 2. The van der Waals surface area contributed by atoms with Gasteiger partial charge in [0.25, 0.3) is 0 Å². The third-order valence-electron chi connectivity index (χ3n) is 2.89. The zero-order valence-electron chi connectivity index (χ0n) is 9.66. The van der Waals surface area contributed by atoms with Gasteiger partial charge in [0.05, 0.1) is 12.7 Å². The normalized spacial score (nSPS) is 18.1. The Morgan fingerprint density at radius 2 is 2.25 bits per heavy atom. The molecule has 1 aliphatic heterocycles. The minimum atomic E-state index is -0.209. The van der Waals surface area contributed by atoms with Gasteiger partial charge in [0, 0.05) is 5.56 Å². The van der Waals surface area contributed by atoms with Gasteiger partial charge in [0.15, 0.2) is 0 Å². The van der Waals surface area contributed by atoms with E-state index in [4.69, 9.17) is 9.47 Å². The topological polar surface area (TPSA) is 35.5 Å². The van der Waals surface area contributed by atoms with Gasteiger partial charge in [-0.2, -0.15) is 0 Å². The average Bonchev–Trinajstić information content (AvgIpc) is 2.63. The highest BCUT2D eigenvalue weighted by molar-refractivity contribution is 5.94. The first-order chi connectivity index (χ1) is 7.76. The zero-order chi connectivity index (χ0) is 11.5. The number of esters is 1. The lowest BCUT2D eigenvalue weighted by Gasteiger charge is -2.10. The predicted octanol–water partition coefficient (Wildman–Crippen LogP) is 3.10. The van der Waals surface area contributed by atoms with Gasteiger partial charge in [-0.1, -0.05) is 13.3 Å². The van der Waals surface area contributed by atoms with Crippen molar-refractivity contribution in [3.05, 3.63) is 29.3 Å². The Labute approximate surface area is 95.4 Å². The van der Waals surface area contributed by atoms with Crippen molar-refractivity contribution in [2.24, 2.45) is 0 Å². The second kappa shape index (κ2) is 4.56. The summed E-state index contributed by atoms with van der Waals surface area (Å²) in [6.45, 7) is 2.13. The first-order valence-electron chi connectivity index (χ1n) is 5.65. The number of methoxy groups -OCH3 is 1. The van der Waals surface area contributed by atoms with Gasteiger partial charge >= 0.3 is 5.97 Å². The number of carbonyl (C=O) groups excluding carboxylic acids is 1. The Kier molecular flexibility index (Phi) is 3.13. The second-order valence-corrected chi connectivity index (χ2v) is 3.99.